The largest absolute Gasteiger partial charge is 0.459 e. The number of amides is 2. The lowest BCUT2D eigenvalue weighted by molar-refractivity contribution is -0.124. The molecule has 0 radical (unpaired) electrons. The summed E-state index contributed by atoms with van der Waals surface area (Å²) in [6, 6.07) is 13.3. The van der Waals surface area contributed by atoms with Crippen LogP contribution in [0.2, 0.25) is 0 Å². The number of hydrogen-bond donors (Lipinski definition) is 2. The summed E-state index contributed by atoms with van der Waals surface area (Å²) in [5.74, 6) is -1.17. The summed E-state index contributed by atoms with van der Waals surface area (Å²) in [6.07, 6.45) is 2.15. The van der Waals surface area contributed by atoms with Gasteiger partial charge in [0.05, 0.1) is 11.8 Å². The van der Waals surface area contributed by atoms with E-state index < -0.39 is 5.97 Å². The van der Waals surface area contributed by atoms with Gasteiger partial charge in [-0.2, -0.15) is 0 Å². The molecule has 144 valence electrons. The number of hydrogen-bond acceptors (Lipinski definition) is 6. The molecule has 2 N–H and O–H groups in total. The first kappa shape index (κ1) is 19.4. The van der Waals surface area contributed by atoms with Gasteiger partial charge >= 0.3 is 5.97 Å². The molecule has 2 amide bonds. The van der Waals surface area contributed by atoms with Crippen LogP contribution in [0, 0.1) is 0 Å². The fourth-order valence-corrected chi connectivity index (χ4v) is 3.04. The lowest BCUT2D eigenvalue weighted by atomic mass is 10.2. The van der Waals surface area contributed by atoms with E-state index in [0.717, 1.165) is 6.42 Å². The molecule has 0 spiro atoms. The van der Waals surface area contributed by atoms with E-state index in [1.54, 1.807) is 35.6 Å². The predicted molar refractivity (Wildman–Crippen MR) is 104 cm³/mol. The van der Waals surface area contributed by atoms with E-state index in [2.05, 4.69) is 10.6 Å². The number of thiophene rings is 1. The fourth-order valence-electron chi connectivity index (χ4n) is 2.34. The van der Waals surface area contributed by atoms with E-state index in [0.29, 0.717) is 12.2 Å². The van der Waals surface area contributed by atoms with Gasteiger partial charge in [-0.3, -0.25) is 9.59 Å². The lowest BCUT2D eigenvalue weighted by Gasteiger charge is -2.07. The number of nitrogens with one attached hydrogen (secondary N) is 2. The summed E-state index contributed by atoms with van der Waals surface area (Å²) in [4.78, 5) is 36.9. The first-order valence-corrected chi connectivity index (χ1v) is 9.41. The van der Waals surface area contributed by atoms with E-state index in [1.807, 2.05) is 17.5 Å². The Morgan fingerprint density at radius 1 is 1.04 bits per heavy atom. The molecular formula is C20H18N2O5S. The van der Waals surface area contributed by atoms with Crippen LogP contribution in [0.3, 0.4) is 0 Å². The zero-order valence-electron chi connectivity index (χ0n) is 14.8. The van der Waals surface area contributed by atoms with Crippen molar-refractivity contribution in [2.45, 2.75) is 6.42 Å². The van der Waals surface area contributed by atoms with Gasteiger partial charge in [0, 0.05) is 17.1 Å². The van der Waals surface area contributed by atoms with Crippen molar-refractivity contribution in [1.82, 2.24) is 5.32 Å². The van der Waals surface area contributed by atoms with E-state index in [9.17, 15) is 14.4 Å². The maximum Gasteiger partial charge on any atom is 0.338 e. The summed E-state index contributed by atoms with van der Waals surface area (Å²) in [5, 5.41) is 7.33. The van der Waals surface area contributed by atoms with Crippen molar-refractivity contribution in [3.8, 4) is 0 Å². The standard InChI is InChI=1S/C20H18N2O5S/c23-18(21-10-9-16-3-2-12-28-16)13-27-20(25)14-5-7-15(8-6-14)22-19(24)17-4-1-11-26-17/h1-8,11-12H,9-10,13H2,(H,21,23)(H,22,24). The third-order valence-electron chi connectivity index (χ3n) is 3.73. The summed E-state index contributed by atoms with van der Waals surface area (Å²) >= 11 is 1.63. The number of benzene rings is 1. The highest BCUT2D eigenvalue weighted by molar-refractivity contribution is 7.09. The number of esters is 1. The molecule has 0 saturated heterocycles. The van der Waals surface area contributed by atoms with Gasteiger partial charge in [0.1, 0.15) is 0 Å². The second-order valence-corrected chi connectivity index (χ2v) is 6.80. The highest BCUT2D eigenvalue weighted by atomic mass is 32.1. The van der Waals surface area contributed by atoms with Gasteiger partial charge in [-0.05, 0) is 54.3 Å². The summed E-state index contributed by atoms with van der Waals surface area (Å²) in [6.45, 7) is 0.140. The van der Waals surface area contributed by atoms with Crippen LogP contribution in [-0.4, -0.2) is 30.9 Å². The molecule has 0 aliphatic heterocycles. The van der Waals surface area contributed by atoms with E-state index in [4.69, 9.17) is 9.15 Å². The second kappa shape index (κ2) is 9.52. The Morgan fingerprint density at radius 2 is 1.86 bits per heavy atom. The first-order chi connectivity index (χ1) is 13.6. The molecule has 3 aromatic rings. The number of carbonyl (C=O) groups excluding carboxylic acids is 3. The molecule has 7 nitrogen and oxygen atoms in total. The van der Waals surface area contributed by atoms with Crippen LogP contribution < -0.4 is 10.6 Å². The topological polar surface area (TPSA) is 97.6 Å². The van der Waals surface area contributed by atoms with Crippen LogP contribution in [-0.2, 0) is 16.0 Å². The third kappa shape index (κ3) is 5.55. The van der Waals surface area contributed by atoms with Crippen molar-refractivity contribution in [1.29, 1.82) is 0 Å². The molecule has 0 fully saturated rings. The molecule has 28 heavy (non-hydrogen) atoms. The quantitative estimate of drug-likeness (QED) is 0.568. The van der Waals surface area contributed by atoms with Crippen molar-refractivity contribution in [3.63, 3.8) is 0 Å². The first-order valence-electron chi connectivity index (χ1n) is 8.53. The number of furan rings is 1. The normalized spacial score (nSPS) is 10.3. The monoisotopic (exact) mass is 398 g/mol. The third-order valence-corrected chi connectivity index (χ3v) is 4.67. The Hall–Kier alpha value is -3.39. The van der Waals surface area contributed by atoms with Crippen LogP contribution in [0.15, 0.2) is 64.6 Å². The summed E-state index contributed by atoms with van der Waals surface area (Å²) in [7, 11) is 0. The molecular weight excluding hydrogens is 380 g/mol. The number of anilines is 1. The van der Waals surface area contributed by atoms with Crippen LogP contribution in [0.4, 0.5) is 5.69 Å². The summed E-state index contributed by atoms with van der Waals surface area (Å²) < 4.78 is 10.0. The molecule has 0 aliphatic carbocycles. The van der Waals surface area contributed by atoms with Crippen molar-refractivity contribution in [3.05, 3.63) is 76.4 Å². The minimum Gasteiger partial charge on any atom is -0.459 e. The lowest BCUT2D eigenvalue weighted by Crippen LogP contribution is -2.30. The number of ether oxygens (including phenoxy) is 1. The maximum absolute atomic E-state index is 12.0. The Labute approximate surface area is 165 Å². The van der Waals surface area contributed by atoms with Gasteiger partial charge in [0.15, 0.2) is 12.4 Å². The smallest absolute Gasteiger partial charge is 0.338 e. The molecule has 0 unspecified atom stereocenters. The average Bonchev–Trinajstić information content (AvgIpc) is 3.41. The maximum atomic E-state index is 12.0. The van der Waals surface area contributed by atoms with Gasteiger partial charge in [-0.15, -0.1) is 11.3 Å². The highest BCUT2D eigenvalue weighted by Gasteiger charge is 2.12. The SMILES string of the molecule is O=C(COC(=O)c1ccc(NC(=O)c2ccco2)cc1)NCCc1cccs1. The fraction of sp³-hybridized carbons (Fsp3) is 0.150. The van der Waals surface area contributed by atoms with Crippen LogP contribution >= 0.6 is 11.3 Å². The minimum atomic E-state index is -0.614. The predicted octanol–water partition coefficient (Wildman–Crippen LogP) is 3.11. The molecule has 3 rings (SSSR count). The van der Waals surface area contributed by atoms with Gasteiger partial charge in [-0.1, -0.05) is 6.07 Å². The van der Waals surface area contributed by atoms with Gasteiger partial charge in [0.25, 0.3) is 11.8 Å². The van der Waals surface area contributed by atoms with Gasteiger partial charge < -0.3 is 19.8 Å². The van der Waals surface area contributed by atoms with E-state index in [-0.39, 0.29) is 29.7 Å². The summed E-state index contributed by atoms with van der Waals surface area (Å²) in [5.41, 5.74) is 0.784. The van der Waals surface area contributed by atoms with Crippen LogP contribution in [0.5, 0.6) is 0 Å². The molecule has 2 aromatic heterocycles. The number of rotatable bonds is 8. The molecule has 2 heterocycles. The molecule has 8 heteroatoms. The zero-order valence-corrected chi connectivity index (χ0v) is 15.7. The second-order valence-electron chi connectivity index (χ2n) is 5.76. The van der Waals surface area contributed by atoms with Crippen molar-refractivity contribution in [2.24, 2.45) is 0 Å². The van der Waals surface area contributed by atoms with Crippen molar-refractivity contribution < 1.29 is 23.5 Å². The van der Waals surface area contributed by atoms with Gasteiger partial charge in [0.2, 0.25) is 0 Å². The Bertz CT molecular complexity index is 918. The average molecular weight is 398 g/mol. The minimum absolute atomic E-state index is 0.188. The Morgan fingerprint density at radius 3 is 2.54 bits per heavy atom. The van der Waals surface area contributed by atoms with Crippen LogP contribution in [0.1, 0.15) is 25.8 Å². The molecule has 1 aromatic carbocycles. The van der Waals surface area contributed by atoms with Crippen molar-refractivity contribution >= 4 is 34.8 Å². The Balaban J connectivity index is 1.41. The molecule has 0 bridgehead atoms. The molecule has 0 atom stereocenters. The number of carbonyl (C=O) groups is 3. The van der Waals surface area contributed by atoms with E-state index in [1.165, 1.54) is 23.3 Å². The van der Waals surface area contributed by atoms with Crippen LogP contribution in [0.25, 0.3) is 0 Å². The zero-order chi connectivity index (χ0) is 19.8. The Kier molecular flexibility index (Phi) is 6.59. The molecule has 0 saturated carbocycles. The van der Waals surface area contributed by atoms with Gasteiger partial charge in [-0.25, -0.2) is 4.79 Å². The van der Waals surface area contributed by atoms with E-state index >= 15 is 0 Å². The van der Waals surface area contributed by atoms with Crippen molar-refractivity contribution in [2.75, 3.05) is 18.5 Å². The molecule has 0 aliphatic rings. The highest BCUT2D eigenvalue weighted by Crippen LogP contribution is 2.13.